The van der Waals surface area contributed by atoms with Gasteiger partial charge in [-0.1, -0.05) is 31.9 Å². The number of unbranched alkanes of at least 4 members (excludes halogenated alkanes) is 3. The Morgan fingerprint density at radius 1 is 0.962 bits per heavy atom. The largest absolute Gasteiger partial charge is 0.494 e. The third-order valence-electron chi connectivity index (χ3n) is 4.29. The summed E-state index contributed by atoms with van der Waals surface area (Å²) in [6, 6.07) is 11.1. The van der Waals surface area contributed by atoms with Crippen molar-refractivity contribution < 1.29 is 18.3 Å². The number of carbonyl (C=O) groups is 1. The van der Waals surface area contributed by atoms with E-state index in [1.165, 1.54) is 5.56 Å². The first kappa shape index (κ1) is 20.1. The molecule has 0 radical (unpaired) electrons. The Balaban J connectivity index is 1.67. The van der Waals surface area contributed by atoms with Crippen LogP contribution in [0.25, 0.3) is 0 Å². The lowest BCUT2D eigenvalue weighted by Crippen LogP contribution is -2.03. The molecule has 0 aliphatic heterocycles. The van der Waals surface area contributed by atoms with E-state index in [0.717, 1.165) is 62.7 Å². The van der Waals surface area contributed by atoms with Gasteiger partial charge >= 0.3 is 0 Å². The molecule has 2 aromatic carbocycles. The maximum absolute atomic E-state index is 13.5. The lowest BCUT2D eigenvalue weighted by atomic mass is 10.0. The molecule has 0 fully saturated rings. The van der Waals surface area contributed by atoms with Crippen LogP contribution in [0.4, 0.5) is 8.78 Å². The molecule has 140 valence electrons. The van der Waals surface area contributed by atoms with E-state index in [9.17, 15) is 13.6 Å². The van der Waals surface area contributed by atoms with E-state index in [4.69, 9.17) is 4.74 Å². The van der Waals surface area contributed by atoms with Crippen LogP contribution in [0, 0.1) is 11.6 Å². The quantitative estimate of drug-likeness (QED) is 0.356. The summed E-state index contributed by atoms with van der Waals surface area (Å²) in [5, 5.41) is 0. The average molecular weight is 360 g/mol. The van der Waals surface area contributed by atoms with Gasteiger partial charge < -0.3 is 4.74 Å². The molecule has 4 heteroatoms. The number of halogens is 2. The van der Waals surface area contributed by atoms with Gasteiger partial charge in [0.1, 0.15) is 17.4 Å². The van der Waals surface area contributed by atoms with Gasteiger partial charge in [0.15, 0.2) is 5.78 Å². The summed E-state index contributed by atoms with van der Waals surface area (Å²) in [6.07, 6.45) is 5.84. The molecule has 26 heavy (non-hydrogen) atoms. The summed E-state index contributed by atoms with van der Waals surface area (Å²) in [7, 11) is 0. The lowest BCUT2D eigenvalue weighted by Gasteiger charge is -2.07. The van der Waals surface area contributed by atoms with Crippen molar-refractivity contribution >= 4 is 5.78 Å². The van der Waals surface area contributed by atoms with Gasteiger partial charge in [0.25, 0.3) is 0 Å². The molecule has 0 atom stereocenters. The maximum atomic E-state index is 13.5. The first-order chi connectivity index (χ1) is 12.6. The van der Waals surface area contributed by atoms with Crippen LogP contribution in [0.5, 0.6) is 5.75 Å². The van der Waals surface area contributed by atoms with Crippen molar-refractivity contribution in [3.8, 4) is 5.75 Å². The number of rotatable bonds is 11. The molecule has 0 bridgehead atoms. The molecule has 0 aliphatic rings. The van der Waals surface area contributed by atoms with E-state index < -0.39 is 11.6 Å². The highest BCUT2D eigenvalue weighted by atomic mass is 19.1. The van der Waals surface area contributed by atoms with Gasteiger partial charge in [0.2, 0.25) is 0 Å². The Labute approximate surface area is 154 Å². The molecule has 0 aliphatic carbocycles. The van der Waals surface area contributed by atoms with E-state index in [1.54, 1.807) is 0 Å². The lowest BCUT2D eigenvalue weighted by molar-refractivity contribution is 0.0974. The molecular formula is C22H26F2O2. The Bertz CT molecular complexity index is 696. The summed E-state index contributed by atoms with van der Waals surface area (Å²) in [5.41, 5.74) is 1.08. The summed E-state index contributed by atoms with van der Waals surface area (Å²) in [5.74, 6) is -0.685. The number of Topliss-reactive ketones (excluding diaryl/α,β-unsaturated/α-hetero) is 1. The van der Waals surface area contributed by atoms with Crippen LogP contribution < -0.4 is 4.74 Å². The second kappa shape index (κ2) is 10.7. The topological polar surface area (TPSA) is 26.3 Å². The molecule has 0 aromatic heterocycles. The van der Waals surface area contributed by atoms with Crippen LogP contribution in [0.15, 0.2) is 42.5 Å². The van der Waals surface area contributed by atoms with Gasteiger partial charge in [-0.05, 0) is 61.6 Å². The molecule has 2 aromatic rings. The number of hydrogen-bond donors (Lipinski definition) is 0. The molecule has 0 amide bonds. The number of carbonyl (C=O) groups excluding carboxylic acids is 1. The van der Waals surface area contributed by atoms with Gasteiger partial charge in [0, 0.05) is 6.42 Å². The molecule has 0 spiro atoms. The standard InChI is InChI=1S/C22H26F2O2/c1-2-3-15-26-19-12-9-17(10-13-19)7-5-4-6-8-22(25)20-16-18(23)11-14-21(20)24/h9-14,16H,2-8,15H2,1H3. The number of benzene rings is 2. The number of aryl methyl sites for hydroxylation is 1. The van der Waals surface area contributed by atoms with Crippen molar-refractivity contribution in [1.29, 1.82) is 0 Å². The molecule has 0 saturated carbocycles. The fourth-order valence-electron chi connectivity index (χ4n) is 2.72. The second-order valence-electron chi connectivity index (χ2n) is 6.45. The monoisotopic (exact) mass is 360 g/mol. The fourth-order valence-corrected chi connectivity index (χ4v) is 2.72. The van der Waals surface area contributed by atoms with Gasteiger partial charge in [-0.25, -0.2) is 8.78 Å². The molecule has 0 heterocycles. The predicted octanol–water partition coefficient (Wildman–Crippen LogP) is 6.13. The van der Waals surface area contributed by atoms with Crippen molar-refractivity contribution in [1.82, 2.24) is 0 Å². The zero-order chi connectivity index (χ0) is 18.8. The van der Waals surface area contributed by atoms with Crippen LogP contribution in [-0.4, -0.2) is 12.4 Å². The van der Waals surface area contributed by atoms with Crippen molar-refractivity contribution in [2.75, 3.05) is 6.61 Å². The van der Waals surface area contributed by atoms with Gasteiger partial charge in [0.05, 0.1) is 12.2 Å². The van der Waals surface area contributed by atoms with Crippen LogP contribution >= 0.6 is 0 Å². The van der Waals surface area contributed by atoms with Gasteiger partial charge in [-0.15, -0.1) is 0 Å². The minimum absolute atomic E-state index is 0.149. The molecule has 0 N–H and O–H groups in total. The van der Waals surface area contributed by atoms with E-state index in [1.807, 2.05) is 12.1 Å². The van der Waals surface area contributed by atoms with Gasteiger partial charge in [-0.2, -0.15) is 0 Å². The highest BCUT2D eigenvalue weighted by molar-refractivity contribution is 5.96. The normalized spacial score (nSPS) is 10.7. The van der Waals surface area contributed by atoms with Crippen LogP contribution in [-0.2, 0) is 6.42 Å². The van der Waals surface area contributed by atoms with Crippen LogP contribution in [0.1, 0.15) is 61.4 Å². The van der Waals surface area contributed by atoms with Gasteiger partial charge in [-0.3, -0.25) is 4.79 Å². The Kier molecular flexibility index (Phi) is 8.26. The SMILES string of the molecule is CCCCOc1ccc(CCCCCC(=O)c2cc(F)ccc2F)cc1. The molecule has 0 saturated heterocycles. The summed E-state index contributed by atoms with van der Waals surface area (Å²) in [6.45, 7) is 2.88. The number of ether oxygens (including phenoxy) is 1. The predicted molar refractivity (Wildman–Crippen MR) is 99.7 cm³/mol. The number of ketones is 1. The minimum Gasteiger partial charge on any atom is -0.494 e. The van der Waals surface area contributed by atoms with Crippen LogP contribution in [0.2, 0.25) is 0 Å². The van der Waals surface area contributed by atoms with Crippen molar-refractivity contribution in [3.63, 3.8) is 0 Å². The van der Waals surface area contributed by atoms with Crippen molar-refractivity contribution in [2.45, 2.75) is 51.9 Å². The zero-order valence-corrected chi connectivity index (χ0v) is 15.3. The smallest absolute Gasteiger partial charge is 0.165 e. The second-order valence-corrected chi connectivity index (χ2v) is 6.45. The molecule has 2 rings (SSSR count). The number of hydrogen-bond acceptors (Lipinski definition) is 2. The summed E-state index contributed by atoms with van der Waals surface area (Å²) >= 11 is 0. The summed E-state index contributed by atoms with van der Waals surface area (Å²) < 4.78 is 32.3. The maximum Gasteiger partial charge on any atom is 0.165 e. The molecule has 2 nitrogen and oxygen atoms in total. The molecule has 0 unspecified atom stereocenters. The van der Waals surface area contributed by atoms with Crippen molar-refractivity contribution in [2.24, 2.45) is 0 Å². The fraction of sp³-hybridized carbons (Fsp3) is 0.409. The molecular weight excluding hydrogens is 334 g/mol. The average Bonchev–Trinajstić information content (AvgIpc) is 2.64. The van der Waals surface area contributed by atoms with Crippen molar-refractivity contribution in [3.05, 3.63) is 65.2 Å². The first-order valence-corrected chi connectivity index (χ1v) is 9.30. The minimum atomic E-state index is -0.655. The third kappa shape index (κ3) is 6.58. The zero-order valence-electron chi connectivity index (χ0n) is 15.3. The first-order valence-electron chi connectivity index (χ1n) is 9.30. The van der Waals surface area contributed by atoms with E-state index in [0.29, 0.717) is 6.42 Å². The highest BCUT2D eigenvalue weighted by Gasteiger charge is 2.12. The van der Waals surface area contributed by atoms with E-state index in [2.05, 4.69) is 19.1 Å². The third-order valence-corrected chi connectivity index (χ3v) is 4.29. The summed E-state index contributed by atoms with van der Waals surface area (Å²) in [4.78, 5) is 12.0. The Hall–Kier alpha value is -2.23. The van der Waals surface area contributed by atoms with E-state index >= 15 is 0 Å². The Morgan fingerprint density at radius 3 is 2.46 bits per heavy atom. The highest BCUT2D eigenvalue weighted by Crippen LogP contribution is 2.17. The van der Waals surface area contributed by atoms with Crippen LogP contribution in [0.3, 0.4) is 0 Å². The Morgan fingerprint density at radius 2 is 1.73 bits per heavy atom. The van der Waals surface area contributed by atoms with E-state index in [-0.39, 0.29) is 17.8 Å².